The number of nitrogens with one attached hydrogen (secondary N) is 2. The highest BCUT2D eigenvalue weighted by molar-refractivity contribution is 14.1. The van der Waals surface area contributed by atoms with Crippen molar-refractivity contribution in [3.8, 4) is 0 Å². The van der Waals surface area contributed by atoms with Crippen molar-refractivity contribution in [3.05, 3.63) is 57.7 Å². The van der Waals surface area contributed by atoms with E-state index in [4.69, 9.17) is 0 Å². The summed E-state index contributed by atoms with van der Waals surface area (Å²) in [6.07, 6.45) is 0.657. The second-order valence-corrected chi connectivity index (χ2v) is 7.92. The first-order valence-electron chi connectivity index (χ1n) is 6.98. The fraction of sp³-hybridized carbons (Fsp3) is 0.188. The minimum absolute atomic E-state index is 0.0779. The third-order valence-corrected chi connectivity index (χ3v) is 5.23. The second kappa shape index (κ2) is 7.78. The first-order valence-corrected chi connectivity index (χ1v) is 9.55. The highest BCUT2D eigenvalue weighted by Crippen LogP contribution is 2.18. The van der Waals surface area contributed by atoms with Gasteiger partial charge in [0.05, 0.1) is 4.90 Å². The molecule has 2 rings (SSSR count). The lowest BCUT2D eigenvalue weighted by atomic mass is 10.1. The van der Waals surface area contributed by atoms with Gasteiger partial charge in [-0.05, 0) is 71.0 Å². The minimum Gasteiger partial charge on any atom is -0.356 e. The minimum atomic E-state index is -3.60. The monoisotopic (exact) mass is 444 g/mol. The van der Waals surface area contributed by atoms with E-state index in [9.17, 15) is 13.2 Å². The van der Waals surface area contributed by atoms with Gasteiger partial charge in [0, 0.05) is 22.7 Å². The number of hydrogen-bond donors (Lipinski definition) is 2. The maximum absolute atomic E-state index is 12.3. The van der Waals surface area contributed by atoms with Gasteiger partial charge in [-0.25, -0.2) is 8.42 Å². The highest BCUT2D eigenvalue weighted by Gasteiger charge is 2.13. The molecule has 0 aliphatic heterocycles. The van der Waals surface area contributed by atoms with Crippen LogP contribution in [0.1, 0.15) is 12.5 Å². The smallest absolute Gasteiger partial charge is 0.261 e. The van der Waals surface area contributed by atoms with E-state index in [1.54, 1.807) is 36.4 Å². The summed E-state index contributed by atoms with van der Waals surface area (Å²) in [4.78, 5) is 11.0. The normalized spacial score (nSPS) is 11.0. The van der Waals surface area contributed by atoms with Crippen LogP contribution in [0.5, 0.6) is 0 Å². The zero-order chi connectivity index (χ0) is 16.9. The zero-order valence-electron chi connectivity index (χ0n) is 12.5. The number of hydrogen-bond acceptors (Lipinski definition) is 3. The fourth-order valence-electron chi connectivity index (χ4n) is 1.95. The molecule has 5 nitrogen and oxygen atoms in total. The lowest BCUT2D eigenvalue weighted by Gasteiger charge is -2.09. The standard InChI is InChI=1S/C16H17IN2O3S/c1-12(20)18-11-10-13-2-8-16(9-3-13)23(21,22)19-15-6-4-14(17)5-7-15/h2-9,19H,10-11H2,1H3,(H,18,20). The van der Waals surface area contributed by atoms with Gasteiger partial charge in [-0.1, -0.05) is 12.1 Å². The molecular weight excluding hydrogens is 427 g/mol. The van der Waals surface area contributed by atoms with Crippen molar-refractivity contribution in [2.45, 2.75) is 18.2 Å². The molecule has 23 heavy (non-hydrogen) atoms. The molecule has 1 amide bonds. The molecule has 122 valence electrons. The summed E-state index contributed by atoms with van der Waals surface area (Å²) in [5.74, 6) is -0.0779. The van der Waals surface area contributed by atoms with Crippen LogP contribution < -0.4 is 10.0 Å². The van der Waals surface area contributed by atoms with Crippen molar-refractivity contribution < 1.29 is 13.2 Å². The first-order chi connectivity index (χ1) is 10.9. The molecule has 0 bridgehead atoms. The summed E-state index contributed by atoms with van der Waals surface area (Å²) in [6, 6.07) is 13.8. The Kier molecular flexibility index (Phi) is 6.00. The Morgan fingerprint density at radius 1 is 1.04 bits per heavy atom. The molecular formula is C16H17IN2O3S. The van der Waals surface area contributed by atoms with Gasteiger partial charge in [0.2, 0.25) is 5.91 Å². The number of anilines is 1. The number of sulfonamides is 1. The zero-order valence-corrected chi connectivity index (χ0v) is 15.5. The van der Waals surface area contributed by atoms with Crippen LogP contribution in [0, 0.1) is 3.57 Å². The molecule has 0 saturated heterocycles. The quantitative estimate of drug-likeness (QED) is 0.673. The Morgan fingerprint density at radius 3 is 2.22 bits per heavy atom. The van der Waals surface area contributed by atoms with E-state index in [-0.39, 0.29) is 10.8 Å². The van der Waals surface area contributed by atoms with Crippen LogP contribution >= 0.6 is 22.6 Å². The van der Waals surface area contributed by atoms with E-state index in [1.165, 1.54) is 6.92 Å². The van der Waals surface area contributed by atoms with Crippen molar-refractivity contribution in [1.82, 2.24) is 5.32 Å². The fourth-order valence-corrected chi connectivity index (χ4v) is 3.37. The van der Waals surface area contributed by atoms with Gasteiger partial charge < -0.3 is 5.32 Å². The Hall–Kier alpha value is -1.61. The van der Waals surface area contributed by atoms with Gasteiger partial charge in [-0.3, -0.25) is 9.52 Å². The molecule has 0 unspecified atom stereocenters. The van der Waals surface area contributed by atoms with Crippen molar-refractivity contribution in [1.29, 1.82) is 0 Å². The average Bonchev–Trinajstić information content (AvgIpc) is 2.50. The number of rotatable bonds is 6. The van der Waals surface area contributed by atoms with Crippen LogP contribution in [-0.2, 0) is 21.2 Å². The van der Waals surface area contributed by atoms with E-state index >= 15 is 0 Å². The predicted molar refractivity (Wildman–Crippen MR) is 98.8 cm³/mol. The third kappa shape index (κ3) is 5.51. The summed E-state index contributed by atoms with van der Waals surface area (Å²) in [5.41, 5.74) is 1.49. The van der Waals surface area contributed by atoms with Crippen molar-refractivity contribution >= 4 is 44.2 Å². The molecule has 0 spiro atoms. The SMILES string of the molecule is CC(=O)NCCc1ccc(S(=O)(=O)Nc2ccc(I)cc2)cc1. The summed E-state index contributed by atoms with van der Waals surface area (Å²) in [7, 11) is -3.60. The molecule has 0 aliphatic rings. The summed E-state index contributed by atoms with van der Waals surface area (Å²) >= 11 is 2.16. The van der Waals surface area contributed by atoms with Gasteiger partial charge in [0.25, 0.3) is 10.0 Å². The third-order valence-electron chi connectivity index (χ3n) is 3.12. The van der Waals surface area contributed by atoms with E-state index < -0.39 is 10.0 Å². The highest BCUT2D eigenvalue weighted by atomic mass is 127. The van der Waals surface area contributed by atoms with Crippen LogP contribution in [0.25, 0.3) is 0 Å². The van der Waals surface area contributed by atoms with Crippen molar-refractivity contribution in [2.75, 3.05) is 11.3 Å². The molecule has 0 saturated carbocycles. The first kappa shape index (κ1) is 17.7. The molecule has 2 aromatic carbocycles. The van der Waals surface area contributed by atoms with Gasteiger partial charge in [-0.2, -0.15) is 0 Å². The molecule has 7 heteroatoms. The number of benzene rings is 2. The summed E-state index contributed by atoms with van der Waals surface area (Å²) in [6.45, 7) is 1.99. The van der Waals surface area contributed by atoms with Gasteiger partial charge in [0.15, 0.2) is 0 Å². The van der Waals surface area contributed by atoms with E-state index in [1.807, 2.05) is 12.1 Å². The van der Waals surface area contributed by atoms with Crippen molar-refractivity contribution in [3.63, 3.8) is 0 Å². The average molecular weight is 444 g/mol. The molecule has 2 N–H and O–H groups in total. The predicted octanol–water partition coefficient (Wildman–Crippen LogP) is 2.77. The second-order valence-electron chi connectivity index (χ2n) is 4.99. The Labute approximate surface area is 149 Å². The molecule has 0 aromatic heterocycles. The van der Waals surface area contributed by atoms with Gasteiger partial charge in [-0.15, -0.1) is 0 Å². The number of carbonyl (C=O) groups excluding carboxylic acids is 1. The molecule has 0 atom stereocenters. The lowest BCUT2D eigenvalue weighted by Crippen LogP contribution is -2.22. The Bertz CT molecular complexity index is 772. The van der Waals surface area contributed by atoms with Crippen LogP contribution in [0.3, 0.4) is 0 Å². The van der Waals surface area contributed by atoms with Crippen LogP contribution in [0.4, 0.5) is 5.69 Å². The Balaban J connectivity index is 2.05. The summed E-state index contributed by atoms with van der Waals surface area (Å²) in [5, 5.41) is 2.71. The number of carbonyl (C=O) groups is 1. The van der Waals surface area contributed by atoms with Crippen molar-refractivity contribution in [2.24, 2.45) is 0 Å². The Morgan fingerprint density at radius 2 is 1.65 bits per heavy atom. The summed E-state index contributed by atoms with van der Waals surface area (Å²) < 4.78 is 28.2. The number of halogens is 1. The maximum Gasteiger partial charge on any atom is 0.261 e. The largest absolute Gasteiger partial charge is 0.356 e. The molecule has 2 aromatic rings. The maximum atomic E-state index is 12.3. The molecule has 0 aliphatic carbocycles. The molecule has 0 fully saturated rings. The van der Waals surface area contributed by atoms with Crippen LogP contribution in [0.15, 0.2) is 53.4 Å². The van der Waals surface area contributed by atoms with E-state index in [0.717, 1.165) is 9.13 Å². The van der Waals surface area contributed by atoms with Gasteiger partial charge in [0.1, 0.15) is 0 Å². The van der Waals surface area contributed by atoms with E-state index in [2.05, 4.69) is 32.6 Å². The number of amides is 1. The molecule has 0 radical (unpaired) electrons. The molecule has 0 heterocycles. The van der Waals surface area contributed by atoms with Crippen LogP contribution in [0.2, 0.25) is 0 Å². The van der Waals surface area contributed by atoms with Gasteiger partial charge >= 0.3 is 0 Å². The lowest BCUT2D eigenvalue weighted by molar-refractivity contribution is -0.118. The van der Waals surface area contributed by atoms with Crippen LogP contribution in [-0.4, -0.2) is 20.9 Å². The topological polar surface area (TPSA) is 75.3 Å². The van der Waals surface area contributed by atoms with E-state index in [0.29, 0.717) is 18.7 Å².